The fourth-order valence-electron chi connectivity index (χ4n) is 1.52. The fraction of sp³-hybridized carbons (Fsp3) is 0.0769. The molecule has 0 aromatic heterocycles. The Bertz CT molecular complexity index is 593. The zero-order chi connectivity index (χ0) is 14.0. The van der Waals surface area contributed by atoms with Gasteiger partial charge in [-0.1, -0.05) is 17.7 Å². The number of hydrogen-bond donors (Lipinski definition) is 1. The van der Waals surface area contributed by atoms with Crippen molar-refractivity contribution in [1.82, 2.24) is 0 Å². The van der Waals surface area contributed by atoms with E-state index in [-0.39, 0.29) is 17.3 Å². The maximum atomic E-state index is 13.0. The van der Waals surface area contributed by atoms with Crippen molar-refractivity contribution in [1.29, 1.82) is 0 Å². The lowest BCUT2D eigenvalue weighted by molar-refractivity contribution is 0.447. The van der Waals surface area contributed by atoms with Crippen LogP contribution in [0, 0.1) is 23.3 Å². The maximum Gasteiger partial charge on any atom is 0.194 e. The second-order valence-electron chi connectivity index (χ2n) is 3.84. The second kappa shape index (κ2) is 5.48. The third-order valence-electron chi connectivity index (χ3n) is 2.48. The number of nitrogens with one attached hydrogen (secondary N) is 1. The van der Waals surface area contributed by atoms with Crippen LogP contribution in [0.3, 0.4) is 0 Å². The van der Waals surface area contributed by atoms with E-state index in [1.807, 2.05) is 0 Å². The minimum Gasteiger partial charge on any atom is -0.381 e. The second-order valence-corrected chi connectivity index (χ2v) is 4.25. The summed E-state index contributed by atoms with van der Waals surface area (Å²) in [5, 5.41) is 2.87. The van der Waals surface area contributed by atoms with Crippen molar-refractivity contribution in [3.63, 3.8) is 0 Å². The molecular formula is C13H8ClF4N. The molecule has 2 aromatic rings. The first-order valence-corrected chi connectivity index (χ1v) is 5.67. The van der Waals surface area contributed by atoms with Crippen molar-refractivity contribution >= 4 is 17.3 Å². The Hall–Kier alpha value is -1.75. The molecule has 2 aromatic carbocycles. The molecule has 0 aliphatic carbocycles. The Labute approximate surface area is 111 Å². The monoisotopic (exact) mass is 289 g/mol. The Morgan fingerprint density at radius 2 is 1.58 bits per heavy atom. The number of halogens is 5. The number of benzene rings is 2. The van der Waals surface area contributed by atoms with E-state index in [9.17, 15) is 17.6 Å². The molecule has 0 saturated heterocycles. The Kier molecular flexibility index (Phi) is 3.95. The third kappa shape index (κ3) is 3.17. The highest BCUT2D eigenvalue weighted by molar-refractivity contribution is 6.31. The largest absolute Gasteiger partial charge is 0.381 e. The molecule has 0 saturated carbocycles. The van der Waals surface area contributed by atoms with E-state index in [0.717, 1.165) is 18.2 Å². The van der Waals surface area contributed by atoms with Crippen LogP contribution in [0.5, 0.6) is 0 Å². The van der Waals surface area contributed by atoms with E-state index in [4.69, 9.17) is 11.6 Å². The van der Waals surface area contributed by atoms with Crippen LogP contribution in [0.15, 0.2) is 30.3 Å². The van der Waals surface area contributed by atoms with Crippen LogP contribution in [0.1, 0.15) is 5.56 Å². The summed E-state index contributed by atoms with van der Waals surface area (Å²) in [6.45, 7) is 0.129. The minimum absolute atomic E-state index is 0.0665. The molecule has 0 bridgehead atoms. The Morgan fingerprint density at radius 3 is 2.16 bits per heavy atom. The van der Waals surface area contributed by atoms with E-state index in [1.165, 1.54) is 12.1 Å². The van der Waals surface area contributed by atoms with Crippen LogP contribution in [-0.4, -0.2) is 0 Å². The Morgan fingerprint density at radius 1 is 0.947 bits per heavy atom. The molecule has 0 aliphatic heterocycles. The van der Waals surface area contributed by atoms with Crippen LogP contribution < -0.4 is 5.32 Å². The molecule has 1 N–H and O–H groups in total. The predicted octanol–water partition coefficient (Wildman–Crippen LogP) is 4.51. The predicted molar refractivity (Wildman–Crippen MR) is 65.1 cm³/mol. The van der Waals surface area contributed by atoms with Crippen LogP contribution >= 0.6 is 11.6 Å². The molecule has 0 spiro atoms. The zero-order valence-electron chi connectivity index (χ0n) is 9.48. The molecule has 0 aliphatic rings. The van der Waals surface area contributed by atoms with Crippen molar-refractivity contribution in [3.05, 3.63) is 64.2 Å². The minimum atomic E-state index is -1.52. The summed E-state index contributed by atoms with van der Waals surface area (Å²) in [4.78, 5) is 0. The van der Waals surface area contributed by atoms with Gasteiger partial charge in [0.1, 0.15) is 5.82 Å². The summed E-state index contributed by atoms with van der Waals surface area (Å²) in [6.07, 6.45) is 0. The highest BCUT2D eigenvalue weighted by Gasteiger charge is 2.10. The smallest absolute Gasteiger partial charge is 0.194 e. The molecule has 19 heavy (non-hydrogen) atoms. The van der Waals surface area contributed by atoms with Crippen molar-refractivity contribution in [2.45, 2.75) is 6.54 Å². The quantitative estimate of drug-likeness (QED) is 0.647. The third-order valence-corrected chi connectivity index (χ3v) is 2.83. The van der Waals surface area contributed by atoms with Gasteiger partial charge in [0.15, 0.2) is 17.5 Å². The van der Waals surface area contributed by atoms with Crippen molar-refractivity contribution in [3.8, 4) is 0 Å². The van der Waals surface area contributed by atoms with Crippen LogP contribution in [0.25, 0.3) is 0 Å². The van der Waals surface area contributed by atoms with Gasteiger partial charge in [0, 0.05) is 29.4 Å². The lowest BCUT2D eigenvalue weighted by atomic mass is 10.2. The zero-order valence-corrected chi connectivity index (χ0v) is 10.2. The first-order valence-electron chi connectivity index (χ1n) is 5.29. The molecule has 100 valence electrons. The van der Waals surface area contributed by atoms with Gasteiger partial charge in [-0.3, -0.25) is 0 Å². The average molecular weight is 290 g/mol. The van der Waals surface area contributed by atoms with Gasteiger partial charge in [0.2, 0.25) is 0 Å². The van der Waals surface area contributed by atoms with E-state index in [0.29, 0.717) is 5.56 Å². The molecule has 0 fully saturated rings. The molecule has 0 unspecified atom stereocenters. The summed E-state index contributed by atoms with van der Waals surface area (Å²) >= 11 is 5.80. The first-order chi connectivity index (χ1) is 8.97. The average Bonchev–Trinajstić information content (AvgIpc) is 2.34. The highest BCUT2D eigenvalue weighted by atomic mass is 35.5. The normalized spacial score (nSPS) is 10.6. The molecule has 1 nitrogen and oxygen atoms in total. The van der Waals surface area contributed by atoms with Crippen molar-refractivity contribution < 1.29 is 17.6 Å². The standard InChI is InChI=1S/C13H8ClF4N/c14-10-3-8(15)2-1-7(10)6-19-9-4-11(16)13(18)12(17)5-9/h1-5,19H,6H2. The van der Waals surface area contributed by atoms with Crippen molar-refractivity contribution in [2.24, 2.45) is 0 Å². The van der Waals surface area contributed by atoms with Crippen LogP contribution in [0.2, 0.25) is 5.02 Å². The fourth-order valence-corrected chi connectivity index (χ4v) is 1.75. The lowest BCUT2D eigenvalue weighted by Gasteiger charge is -2.09. The van der Waals surface area contributed by atoms with E-state index in [1.54, 1.807) is 0 Å². The molecule has 0 heterocycles. The number of anilines is 1. The van der Waals surface area contributed by atoms with Gasteiger partial charge in [-0.05, 0) is 17.7 Å². The lowest BCUT2D eigenvalue weighted by Crippen LogP contribution is -2.02. The summed E-state index contributed by atoms with van der Waals surface area (Å²) in [5.41, 5.74) is 0.616. The summed E-state index contributed by atoms with van der Waals surface area (Å²) in [6, 6.07) is 5.45. The van der Waals surface area contributed by atoms with E-state index in [2.05, 4.69) is 5.32 Å². The van der Waals surface area contributed by atoms with Crippen LogP contribution in [0.4, 0.5) is 23.2 Å². The topological polar surface area (TPSA) is 12.0 Å². The molecule has 0 amide bonds. The molecular weight excluding hydrogens is 282 g/mol. The molecule has 6 heteroatoms. The van der Waals surface area contributed by atoms with E-state index < -0.39 is 23.3 Å². The molecule has 0 radical (unpaired) electrons. The van der Waals surface area contributed by atoms with Gasteiger partial charge in [-0.15, -0.1) is 0 Å². The van der Waals surface area contributed by atoms with Gasteiger partial charge >= 0.3 is 0 Å². The summed E-state index contributed by atoms with van der Waals surface area (Å²) in [7, 11) is 0. The van der Waals surface area contributed by atoms with Crippen LogP contribution in [-0.2, 0) is 6.54 Å². The SMILES string of the molecule is Fc1ccc(CNc2cc(F)c(F)c(F)c2)c(Cl)c1. The van der Waals surface area contributed by atoms with Crippen molar-refractivity contribution in [2.75, 3.05) is 5.32 Å². The van der Waals surface area contributed by atoms with E-state index >= 15 is 0 Å². The van der Waals surface area contributed by atoms with Gasteiger partial charge in [0.25, 0.3) is 0 Å². The van der Waals surface area contributed by atoms with Gasteiger partial charge in [-0.2, -0.15) is 0 Å². The van der Waals surface area contributed by atoms with Gasteiger partial charge in [0.05, 0.1) is 0 Å². The molecule has 0 atom stereocenters. The maximum absolute atomic E-state index is 13.0. The Balaban J connectivity index is 2.14. The molecule has 2 rings (SSSR count). The summed E-state index contributed by atoms with van der Waals surface area (Å²) in [5.74, 6) is -4.57. The highest BCUT2D eigenvalue weighted by Crippen LogP contribution is 2.21. The van der Waals surface area contributed by atoms with Gasteiger partial charge in [-0.25, -0.2) is 17.6 Å². The number of hydrogen-bond acceptors (Lipinski definition) is 1. The number of rotatable bonds is 3. The summed E-state index contributed by atoms with van der Waals surface area (Å²) < 4.78 is 51.5. The first kappa shape index (κ1) is 13.7. The van der Waals surface area contributed by atoms with Gasteiger partial charge < -0.3 is 5.32 Å².